The van der Waals surface area contributed by atoms with Crippen molar-refractivity contribution in [1.29, 1.82) is 0 Å². The van der Waals surface area contributed by atoms with Crippen molar-refractivity contribution in [2.24, 2.45) is 0 Å². The number of rotatable bonds is 5. The summed E-state index contributed by atoms with van der Waals surface area (Å²) in [6, 6.07) is 10.3. The maximum Gasteiger partial charge on any atom is 0.417 e. The van der Waals surface area contributed by atoms with Crippen LogP contribution in [0.4, 0.5) is 19.0 Å². The number of alkyl halides is 3. The van der Waals surface area contributed by atoms with Crippen LogP contribution in [0.3, 0.4) is 0 Å². The van der Waals surface area contributed by atoms with Crippen LogP contribution in [0.1, 0.15) is 42.7 Å². The van der Waals surface area contributed by atoms with E-state index >= 15 is 0 Å². The van der Waals surface area contributed by atoms with E-state index in [2.05, 4.69) is 9.97 Å². The van der Waals surface area contributed by atoms with Gasteiger partial charge in [0.1, 0.15) is 29.3 Å². The van der Waals surface area contributed by atoms with Gasteiger partial charge in [0.2, 0.25) is 0 Å². The van der Waals surface area contributed by atoms with Crippen LogP contribution in [0, 0.1) is 0 Å². The Morgan fingerprint density at radius 2 is 1.79 bits per heavy atom. The summed E-state index contributed by atoms with van der Waals surface area (Å²) in [5.41, 5.74) is 6.94. The Kier molecular flexibility index (Phi) is 5.57. The van der Waals surface area contributed by atoms with Gasteiger partial charge in [0.15, 0.2) is 5.78 Å². The Bertz CT molecular complexity index is 1340. The van der Waals surface area contributed by atoms with Gasteiger partial charge in [-0.05, 0) is 50.6 Å². The summed E-state index contributed by atoms with van der Waals surface area (Å²) in [7, 11) is 0. The molecular formula is C24H21F3N4O2. The molecule has 4 rings (SSSR count). The molecule has 2 heterocycles. The smallest absolute Gasteiger partial charge is 0.417 e. The molecule has 0 aliphatic rings. The SMILES string of the molecule is CC(=O)c1c(Oc2ccc(-c3cn(C(C)C)c4ncnc(N)c34)cc2)cccc1C(F)(F)F. The van der Waals surface area contributed by atoms with Crippen LogP contribution in [-0.2, 0) is 6.18 Å². The maximum atomic E-state index is 13.4. The van der Waals surface area contributed by atoms with E-state index in [1.165, 1.54) is 18.5 Å². The molecule has 2 aromatic carbocycles. The second-order valence-electron chi connectivity index (χ2n) is 7.86. The lowest BCUT2D eigenvalue weighted by atomic mass is 10.0. The molecule has 9 heteroatoms. The lowest BCUT2D eigenvalue weighted by Crippen LogP contribution is -2.12. The summed E-state index contributed by atoms with van der Waals surface area (Å²) < 4.78 is 47.7. The second kappa shape index (κ2) is 8.23. The third-order valence-corrected chi connectivity index (χ3v) is 5.27. The fourth-order valence-corrected chi connectivity index (χ4v) is 3.77. The minimum Gasteiger partial charge on any atom is -0.457 e. The van der Waals surface area contributed by atoms with Gasteiger partial charge in [-0.3, -0.25) is 4.79 Å². The Labute approximate surface area is 187 Å². The molecule has 0 unspecified atom stereocenters. The van der Waals surface area contributed by atoms with Gasteiger partial charge in [0.05, 0.1) is 16.5 Å². The molecule has 170 valence electrons. The zero-order chi connectivity index (χ0) is 23.9. The summed E-state index contributed by atoms with van der Waals surface area (Å²) in [6.07, 6.45) is -1.31. The van der Waals surface area contributed by atoms with Gasteiger partial charge in [-0.25, -0.2) is 9.97 Å². The number of nitrogens with zero attached hydrogens (tertiary/aromatic N) is 3. The number of carbonyl (C=O) groups is 1. The number of hydrogen-bond acceptors (Lipinski definition) is 5. The van der Waals surface area contributed by atoms with Gasteiger partial charge >= 0.3 is 6.18 Å². The molecule has 2 aromatic heterocycles. The number of halogens is 3. The van der Waals surface area contributed by atoms with E-state index in [1.807, 2.05) is 24.6 Å². The highest BCUT2D eigenvalue weighted by Crippen LogP contribution is 2.39. The average molecular weight is 454 g/mol. The zero-order valence-electron chi connectivity index (χ0n) is 18.1. The third kappa shape index (κ3) is 4.13. The van der Waals surface area contributed by atoms with Crippen LogP contribution >= 0.6 is 0 Å². The summed E-state index contributed by atoms with van der Waals surface area (Å²) >= 11 is 0. The first kappa shape index (κ1) is 22.3. The van der Waals surface area contributed by atoms with Crippen molar-refractivity contribution in [1.82, 2.24) is 14.5 Å². The van der Waals surface area contributed by atoms with E-state index in [4.69, 9.17) is 10.5 Å². The lowest BCUT2D eigenvalue weighted by molar-refractivity contribution is -0.138. The fourth-order valence-electron chi connectivity index (χ4n) is 3.77. The van der Waals surface area contributed by atoms with Gasteiger partial charge in [-0.15, -0.1) is 0 Å². The van der Waals surface area contributed by atoms with E-state index < -0.39 is 23.1 Å². The van der Waals surface area contributed by atoms with Crippen LogP contribution in [0.25, 0.3) is 22.2 Å². The predicted octanol–water partition coefficient (Wildman–Crippen LogP) is 6.28. The molecule has 0 amide bonds. The molecule has 0 bridgehead atoms. The van der Waals surface area contributed by atoms with Crippen molar-refractivity contribution < 1.29 is 22.7 Å². The quantitative estimate of drug-likeness (QED) is 0.359. The molecule has 6 nitrogen and oxygen atoms in total. The van der Waals surface area contributed by atoms with Crippen molar-refractivity contribution in [3.63, 3.8) is 0 Å². The van der Waals surface area contributed by atoms with E-state index in [1.54, 1.807) is 24.3 Å². The van der Waals surface area contributed by atoms with E-state index in [0.29, 0.717) is 11.5 Å². The molecule has 0 atom stereocenters. The summed E-state index contributed by atoms with van der Waals surface area (Å²) in [6.45, 7) is 5.14. The number of aromatic nitrogens is 3. The van der Waals surface area contributed by atoms with Gasteiger partial charge in [0, 0.05) is 17.8 Å². The number of nitrogen functional groups attached to an aromatic ring is 1. The minimum atomic E-state index is -4.67. The lowest BCUT2D eigenvalue weighted by Gasteiger charge is -2.15. The van der Waals surface area contributed by atoms with Crippen molar-refractivity contribution in [2.45, 2.75) is 33.0 Å². The van der Waals surface area contributed by atoms with Crippen molar-refractivity contribution >= 4 is 22.6 Å². The topological polar surface area (TPSA) is 83.0 Å². The minimum absolute atomic E-state index is 0.143. The maximum absolute atomic E-state index is 13.4. The molecule has 0 saturated carbocycles. The number of nitrogens with two attached hydrogens (primary N) is 1. The van der Waals surface area contributed by atoms with Gasteiger partial charge in [-0.2, -0.15) is 13.2 Å². The number of anilines is 1. The number of carbonyl (C=O) groups excluding carboxylic acids is 1. The molecule has 0 aliphatic heterocycles. The van der Waals surface area contributed by atoms with Crippen LogP contribution in [0.5, 0.6) is 11.5 Å². The molecule has 0 spiro atoms. The first-order chi connectivity index (χ1) is 15.6. The van der Waals surface area contributed by atoms with Gasteiger partial charge in [-0.1, -0.05) is 18.2 Å². The number of hydrogen-bond donors (Lipinski definition) is 1. The molecular weight excluding hydrogens is 433 g/mol. The van der Waals surface area contributed by atoms with Crippen LogP contribution < -0.4 is 10.5 Å². The molecule has 33 heavy (non-hydrogen) atoms. The highest BCUT2D eigenvalue weighted by molar-refractivity contribution is 6.01. The predicted molar refractivity (Wildman–Crippen MR) is 119 cm³/mol. The first-order valence-electron chi connectivity index (χ1n) is 10.2. The normalized spacial score (nSPS) is 11.8. The number of benzene rings is 2. The van der Waals surface area contributed by atoms with Gasteiger partial charge in [0.25, 0.3) is 0 Å². The zero-order valence-corrected chi connectivity index (χ0v) is 18.1. The Hall–Kier alpha value is -3.88. The molecule has 0 fully saturated rings. The number of ketones is 1. The van der Waals surface area contributed by atoms with Crippen molar-refractivity contribution in [3.8, 4) is 22.6 Å². The number of fused-ring (bicyclic) bond motifs is 1. The van der Waals surface area contributed by atoms with Crippen LogP contribution in [-0.4, -0.2) is 20.3 Å². The van der Waals surface area contributed by atoms with Crippen molar-refractivity contribution in [2.75, 3.05) is 5.73 Å². The standard InChI is InChI=1S/C24H21F3N4O2/c1-13(2)31-11-17(21-22(28)29-12-30-23(21)31)15-7-9-16(10-8-15)33-19-6-4-5-18(24(25,26)27)20(19)14(3)32/h4-13H,1-3H3,(H2,28,29,30). The Morgan fingerprint density at radius 1 is 1.09 bits per heavy atom. The summed E-state index contributed by atoms with van der Waals surface area (Å²) in [4.78, 5) is 20.4. The molecule has 0 radical (unpaired) electrons. The third-order valence-electron chi connectivity index (χ3n) is 5.27. The average Bonchev–Trinajstić information content (AvgIpc) is 3.15. The highest BCUT2D eigenvalue weighted by atomic mass is 19.4. The van der Waals surface area contributed by atoms with E-state index in [9.17, 15) is 18.0 Å². The summed E-state index contributed by atoms with van der Waals surface area (Å²) in [5, 5.41) is 0.719. The first-order valence-corrected chi connectivity index (χ1v) is 10.2. The Balaban J connectivity index is 1.73. The largest absolute Gasteiger partial charge is 0.457 e. The number of ether oxygens (including phenoxy) is 1. The second-order valence-corrected chi connectivity index (χ2v) is 7.86. The fraction of sp³-hybridized carbons (Fsp3) is 0.208. The molecule has 0 saturated heterocycles. The summed E-state index contributed by atoms with van der Waals surface area (Å²) in [5.74, 6) is -0.243. The number of Topliss-reactive ketones (excluding diaryl/α,β-unsaturated/α-hetero) is 1. The van der Waals surface area contributed by atoms with Gasteiger partial charge < -0.3 is 15.0 Å². The van der Waals surface area contributed by atoms with Crippen LogP contribution in [0.2, 0.25) is 0 Å². The molecule has 4 aromatic rings. The van der Waals surface area contributed by atoms with Crippen molar-refractivity contribution in [3.05, 3.63) is 66.1 Å². The molecule has 2 N–H and O–H groups in total. The highest BCUT2D eigenvalue weighted by Gasteiger charge is 2.36. The monoisotopic (exact) mass is 454 g/mol. The van der Waals surface area contributed by atoms with E-state index in [0.717, 1.165) is 29.5 Å². The van der Waals surface area contributed by atoms with E-state index in [-0.39, 0.29) is 17.5 Å². The molecule has 0 aliphatic carbocycles. The Morgan fingerprint density at radius 3 is 2.39 bits per heavy atom. The van der Waals surface area contributed by atoms with Crippen LogP contribution in [0.15, 0.2) is 55.0 Å².